The van der Waals surface area contributed by atoms with Gasteiger partial charge in [0, 0.05) is 11.4 Å². The Balaban J connectivity index is 1.90. The summed E-state index contributed by atoms with van der Waals surface area (Å²) >= 11 is 0. The molecule has 2 aromatic heterocycles. The molecular weight excluding hydrogens is 320 g/mol. The van der Waals surface area contributed by atoms with E-state index in [-0.39, 0.29) is 5.97 Å². The third-order valence-corrected chi connectivity index (χ3v) is 3.64. The van der Waals surface area contributed by atoms with Gasteiger partial charge in [-0.2, -0.15) is 5.10 Å². The maximum atomic E-state index is 11.5. The predicted molar refractivity (Wildman–Crippen MR) is 94.1 cm³/mol. The summed E-state index contributed by atoms with van der Waals surface area (Å²) in [7, 11) is 1.34. The van der Waals surface area contributed by atoms with Gasteiger partial charge in [-0.1, -0.05) is 0 Å². The van der Waals surface area contributed by atoms with Crippen LogP contribution in [0.25, 0.3) is 5.82 Å². The van der Waals surface area contributed by atoms with E-state index in [4.69, 9.17) is 5.73 Å². The van der Waals surface area contributed by atoms with E-state index in [9.17, 15) is 4.79 Å². The molecule has 1 aromatic carbocycles. The van der Waals surface area contributed by atoms with Crippen LogP contribution >= 0.6 is 0 Å². The first kappa shape index (κ1) is 16.4. The van der Waals surface area contributed by atoms with Crippen LogP contribution in [0.4, 0.5) is 17.2 Å². The van der Waals surface area contributed by atoms with Gasteiger partial charge in [-0.25, -0.2) is 19.4 Å². The molecule has 0 bridgehead atoms. The maximum absolute atomic E-state index is 11.5. The fourth-order valence-electron chi connectivity index (χ4n) is 2.44. The number of nitrogen functional groups attached to an aromatic ring is 1. The van der Waals surface area contributed by atoms with E-state index < -0.39 is 0 Å². The van der Waals surface area contributed by atoms with Crippen molar-refractivity contribution < 1.29 is 9.53 Å². The van der Waals surface area contributed by atoms with E-state index in [1.54, 1.807) is 28.9 Å². The molecule has 0 spiro atoms. The molecule has 25 heavy (non-hydrogen) atoms. The number of nitrogens with zero attached hydrogens (tertiary/aromatic N) is 4. The highest BCUT2D eigenvalue weighted by molar-refractivity contribution is 5.89. The summed E-state index contributed by atoms with van der Waals surface area (Å²) in [5, 5.41) is 7.52. The van der Waals surface area contributed by atoms with Crippen molar-refractivity contribution in [2.45, 2.75) is 13.8 Å². The SMILES string of the molecule is COC(=O)c1ccc(Nc2ncnc(-n3nc(C)cc3C)c2N)cc1. The minimum Gasteiger partial charge on any atom is -0.465 e. The molecule has 3 aromatic rings. The second-order valence-corrected chi connectivity index (χ2v) is 5.49. The highest BCUT2D eigenvalue weighted by Crippen LogP contribution is 2.25. The van der Waals surface area contributed by atoms with Crippen molar-refractivity contribution in [3.63, 3.8) is 0 Å². The van der Waals surface area contributed by atoms with Crippen LogP contribution in [0.2, 0.25) is 0 Å². The van der Waals surface area contributed by atoms with Gasteiger partial charge in [0.25, 0.3) is 0 Å². The zero-order valence-corrected chi connectivity index (χ0v) is 14.1. The maximum Gasteiger partial charge on any atom is 0.337 e. The quantitative estimate of drug-likeness (QED) is 0.703. The summed E-state index contributed by atoms with van der Waals surface area (Å²) in [6.07, 6.45) is 1.42. The number of hydrogen-bond donors (Lipinski definition) is 2. The molecule has 0 unspecified atom stereocenters. The Morgan fingerprint density at radius 3 is 2.52 bits per heavy atom. The smallest absolute Gasteiger partial charge is 0.337 e. The number of aryl methyl sites for hydroxylation is 2. The van der Waals surface area contributed by atoms with Crippen LogP contribution < -0.4 is 11.1 Å². The summed E-state index contributed by atoms with van der Waals surface area (Å²) in [5.41, 5.74) is 9.60. The number of rotatable bonds is 4. The number of esters is 1. The van der Waals surface area contributed by atoms with Crippen LogP contribution in [0, 0.1) is 13.8 Å². The van der Waals surface area contributed by atoms with Crippen molar-refractivity contribution in [3.05, 3.63) is 53.6 Å². The third-order valence-electron chi connectivity index (χ3n) is 3.64. The van der Waals surface area contributed by atoms with Crippen molar-refractivity contribution in [2.24, 2.45) is 0 Å². The fraction of sp³-hybridized carbons (Fsp3) is 0.176. The number of carbonyl (C=O) groups is 1. The van der Waals surface area contributed by atoms with Crippen molar-refractivity contribution in [1.29, 1.82) is 0 Å². The number of nitrogens with one attached hydrogen (secondary N) is 1. The Bertz CT molecular complexity index is 917. The molecule has 3 rings (SSSR count). The molecule has 3 N–H and O–H groups in total. The Morgan fingerprint density at radius 1 is 1.20 bits per heavy atom. The van der Waals surface area contributed by atoms with Gasteiger partial charge in [-0.05, 0) is 44.2 Å². The van der Waals surface area contributed by atoms with Crippen LogP contribution in [0.3, 0.4) is 0 Å². The molecular formula is C17H18N6O2. The normalized spacial score (nSPS) is 10.5. The van der Waals surface area contributed by atoms with Gasteiger partial charge < -0.3 is 15.8 Å². The fourth-order valence-corrected chi connectivity index (χ4v) is 2.44. The highest BCUT2D eigenvalue weighted by atomic mass is 16.5. The Morgan fingerprint density at radius 2 is 1.92 bits per heavy atom. The second-order valence-electron chi connectivity index (χ2n) is 5.49. The number of anilines is 3. The number of nitrogens with two attached hydrogens (primary N) is 1. The van der Waals surface area contributed by atoms with Gasteiger partial charge in [0.1, 0.15) is 12.0 Å². The summed E-state index contributed by atoms with van der Waals surface area (Å²) in [6.45, 7) is 3.84. The minimum absolute atomic E-state index is 0.380. The lowest BCUT2D eigenvalue weighted by Crippen LogP contribution is -2.09. The van der Waals surface area contributed by atoms with E-state index in [0.717, 1.165) is 17.1 Å². The summed E-state index contributed by atoms with van der Waals surface area (Å²) in [6, 6.07) is 8.76. The molecule has 0 fully saturated rings. The molecule has 0 aliphatic rings. The van der Waals surface area contributed by atoms with Crippen molar-refractivity contribution in [3.8, 4) is 5.82 Å². The number of carbonyl (C=O) groups excluding carboxylic acids is 1. The molecule has 2 heterocycles. The van der Waals surface area contributed by atoms with E-state index in [0.29, 0.717) is 22.9 Å². The minimum atomic E-state index is -0.389. The molecule has 0 saturated carbocycles. The van der Waals surface area contributed by atoms with Crippen LogP contribution in [0.5, 0.6) is 0 Å². The number of hydrogen-bond acceptors (Lipinski definition) is 7. The zero-order chi connectivity index (χ0) is 18.0. The monoisotopic (exact) mass is 338 g/mol. The average molecular weight is 338 g/mol. The first-order valence-electron chi connectivity index (χ1n) is 7.59. The molecule has 128 valence electrons. The van der Waals surface area contributed by atoms with Gasteiger partial charge in [0.2, 0.25) is 0 Å². The summed E-state index contributed by atoms with van der Waals surface area (Å²) in [5.74, 6) is 0.581. The van der Waals surface area contributed by atoms with Gasteiger partial charge in [-0.15, -0.1) is 0 Å². The van der Waals surface area contributed by atoms with E-state index >= 15 is 0 Å². The lowest BCUT2D eigenvalue weighted by molar-refractivity contribution is 0.0601. The molecule has 0 saturated heterocycles. The highest BCUT2D eigenvalue weighted by Gasteiger charge is 2.13. The van der Waals surface area contributed by atoms with E-state index in [1.165, 1.54) is 13.4 Å². The van der Waals surface area contributed by atoms with Crippen molar-refractivity contribution in [1.82, 2.24) is 19.7 Å². The second kappa shape index (κ2) is 6.60. The lowest BCUT2D eigenvalue weighted by atomic mass is 10.2. The molecule has 8 nitrogen and oxygen atoms in total. The lowest BCUT2D eigenvalue weighted by Gasteiger charge is -2.12. The number of ether oxygens (including phenoxy) is 1. The molecule has 8 heteroatoms. The Labute approximate surface area is 144 Å². The number of benzene rings is 1. The van der Waals surface area contributed by atoms with Gasteiger partial charge in [0.05, 0.1) is 18.4 Å². The first-order chi connectivity index (χ1) is 12.0. The zero-order valence-electron chi connectivity index (χ0n) is 14.1. The summed E-state index contributed by atoms with van der Waals surface area (Å²) in [4.78, 5) is 19.9. The standard InChI is InChI=1S/C17H18N6O2/c1-10-8-11(2)23(22-10)16-14(18)15(19-9-20-16)21-13-6-4-12(5-7-13)17(24)25-3/h4-9H,18H2,1-3H3,(H,19,20,21). The average Bonchev–Trinajstić information content (AvgIpc) is 2.95. The van der Waals surface area contributed by atoms with Crippen LogP contribution in [0.1, 0.15) is 21.7 Å². The topological polar surface area (TPSA) is 108 Å². The van der Waals surface area contributed by atoms with Crippen LogP contribution in [-0.4, -0.2) is 32.8 Å². The van der Waals surface area contributed by atoms with E-state index in [2.05, 4.69) is 25.1 Å². The summed E-state index contributed by atoms with van der Waals surface area (Å²) < 4.78 is 6.36. The molecule has 0 amide bonds. The first-order valence-corrected chi connectivity index (χ1v) is 7.59. The molecule has 0 radical (unpaired) electrons. The van der Waals surface area contributed by atoms with Gasteiger partial charge in [0.15, 0.2) is 11.6 Å². The Hall–Kier alpha value is -3.42. The van der Waals surface area contributed by atoms with Crippen LogP contribution in [0.15, 0.2) is 36.7 Å². The van der Waals surface area contributed by atoms with E-state index in [1.807, 2.05) is 19.9 Å². The largest absolute Gasteiger partial charge is 0.465 e. The molecule has 0 atom stereocenters. The van der Waals surface area contributed by atoms with Gasteiger partial charge >= 0.3 is 5.97 Å². The van der Waals surface area contributed by atoms with Crippen molar-refractivity contribution in [2.75, 3.05) is 18.2 Å². The predicted octanol–water partition coefficient (Wildman–Crippen LogP) is 2.39. The number of methoxy groups -OCH3 is 1. The third kappa shape index (κ3) is 3.27. The van der Waals surface area contributed by atoms with Crippen molar-refractivity contribution >= 4 is 23.2 Å². The molecule has 0 aliphatic carbocycles. The number of aromatic nitrogens is 4. The molecule has 0 aliphatic heterocycles. The Kier molecular flexibility index (Phi) is 4.34. The van der Waals surface area contributed by atoms with Crippen LogP contribution in [-0.2, 0) is 4.74 Å². The van der Waals surface area contributed by atoms with Gasteiger partial charge in [-0.3, -0.25) is 0 Å².